The van der Waals surface area contributed by atoms with Gasteiger partial charge in [-0.3, -0.25) is 4.79 Å². The Morgan fingerprint density at radius 2 is 2.10 bits per heavy atom. The highest BCUT2D eigenvalue weighted by molar-refractivity contribution is 5.85. The van der Waals surface area contributed by atoms with Crippen molar-refractivity contribution < 1.29 is 9.53 Å². The van der Waals surface area contributed by atoms with Gasteiger partial charge in [0.1, 0.15) is 0 Å². The van der Waals surface area contributed by atoms with Crippen LogP contribution in [0.4, 0.5) is 0 Å². The molecule has 0 aromatic rings. The monoisotopic (exact) mass is 339 g/mol. The number of amides is 1. The third-order valence-corrected chi connectivity index (χ3v) is 4.40. The highest BCUT2D eigenvalue weighted by Crippen LogP contribution is 2.31. The summed E-state index contributed by atoms with van der Waals surface area (Å²) in [6.07, 6.45) is 4.54. The van der Waals surface area contributed by atoms with Gasteiger partial charge in [-0.25, -0.2) is 0 Å². The van der Waals surface area contributed by atoms with Crippen molar-refractivity contribution in [3.63, 3.8) is 0 Å². The first-order valence-electron chi connectivity index (χ1n) is 7.63. The van der Waals surface area contributed by atoms with Crippen LogP contribution in [0.2, 0.25) is 0 Å². The van der Waals surface area contributed by atoms with Gasteiger partial charge in [0, 0.05) is 38.1 Å². The highest BCUT2D eigenvalue weighted by Gasteiger charge is 2.34. The van der Waals surface area contributed by atoms with Crippen molar-refractivity contribution in [3.05, 3.63) is 0 Å². The number of nitrogens with one attached hydrogen (secondary N) is 2. The maximum absolute atomic E-state index is 11.9. The molecule has 5 nitrogen and oxygen atoms in total. The summed E-state index contributed by atoms with van der Waals surface area (Å²) in [4.78, 5) is 14.5. The maximum atomic E-state index is 11.9. The van der Waals surface area contributed by atoms with E-state index >= 15 is 0 Å². The summed E-state index contributed by atoms with van der Waals surface area (Å²) in [6.45, 7) is 5.52. The zero-order chi connectivity index (χ0) is 13.1. The summed E-state index contributed by atoms with van der Waals surface area (Å²) >= 11 is 0. The van der Waals surface area contributed by atoms with Gasteiger partial charge < -0.3 is 20.3 Å². The third kappa shape index (κ3) is 5.91. The first kappa shape index (κ1) is 19.0. The summed E-state index contributed by atoms with van der Waals surface area (Å²) < 4.78 is 5.36. The van der Waals surface area contributed by atoms with E-state index < -0.39 is 0 Å². The Balaban J connectivity index is 0.00000110. The van der Waals surface area contributed by atoms with Crippen molar-refractivity contribution in [1.82, 2.24) is 15.5 Å². The van der Waals surface area contributed by atoms with E-state index in [2.05, 4.69) is 15.5 Å². The van der Waals surface area contributed by atoms with Crippen LogP contribution < -0.4 is 10.6 Å². The Bertz CT molecular complexity index is 323. The number of carbonyl (C=O) groups excluding carboxylic acids is 1. The molecule has 1 amide bonds. The van der Waals surface area contributed by atoms with E-state index in [0.717, 1.165) is 25.7 Å². The van der Waals surface area contributed by atoms with Crippen LogP contribution in [0.1, 0.15) is 25.7 Å². The molecule has 0 radical (unpaired) electrons. The zero-order valence-corrected chi connectivity index (χ0v) is 14.0. The van der Waals surface area contributed by atoms with Gasteiger partial charge in [-0.1, -0.05) is 0 Å². The fourth-order valence-corrected chi connectivity index (χ4v) is 3.11. The topological polar surface area (TPSA) is 53.6 Å². The third-order valence-electron chi connectivity index (χ3n) is 4.40. The van der Waals surface area contributed by atoms with Crippen molar-refractivity contribution in [2.45, 2.75) is 37.8 Å². The van der Waals surface area contributed by atoms with Gasteiger partial charge in [-0.2, -0.15) is 0 Å². The zero-order valence-electron chi connectivity index (χ0n) is 12.4. The number of rotatable bonds is 5. The van der Waals surface area contributed by atoms with Crippen molar-refractivity contribution in [3.8, 4) is 0 Å². The molecule has 2 heterocycles. The fourth-order valence-electron chi connectivity index (χ4n) is 3.11. The molecule has 2 unspecified atom stereocenters. The highest BCUT2D eigenvalue weighted by atomic mass is 35.5. The van der Waals surface area contributed by atoms with E-state index in [4.69, 9.17) is 4.74 Å². The molecule has 2 atom stereocenters. The van der Waals surface area contributed by atoms with Gasteiger partial charge in [-0.05, 0) is 31.7 Å². The lowest BCUT2D eigenvalue weighted by Gasteiger charge is -2.23. The molecule has 0 spiro atoms. The number of hydrogen-bond acceptors (Lipinski definition) is 4. The van der Waals surface area contributed by atoms with Crippen LogP contribution >= 0.6 is 24.8 Å². The first-order chi connectivity index (χ1) is 9.31. The Labute approximate surface area is 139 Å². The Morgan fingerprint density at radius 1 is 1.29 bits per heavy atom. The number of carbonyl (C=O) groups is 1. The van der Waals surface area contributed by atoms with Crippen LogP contribution in [-0.4, -0.2) is 62.3 Å². The molecule has 1 saturated carbocycles. The second kappa shape index (κ2) is 9.16. The van der Waals surface area contributed by atoms with Crippen LogP contribution in [0.15, 0.2) is 0 Å². The Kier molecular flexibility index (Phi) is 8.27. The van der Waals surface area contributed by atoms with Crippen LogP contribution in [0.5, 0.6) is 0 Å². The van der Waals surface area contributed by atoms with Gasteiger partial charge >= 0.3 is 0 Å². The lowest BCUT2D eigenvalue weighted by atomic mass is 10.1. The Morgan fingerprint density at radius 3 is 2.76 bits per heavy atom. The van der Waals surface area contributed by atoms with E-state index in [0.29, 0.717) is 18.9 Å². The number of hydrogen-bond donors (Lipinski definition) is 2. The standard InChI is InChI=1S/C14H25N3O2.2ClH/c18-14(7-12-10-19-6-4-15-12)16-8-11-3-5-17(9-11)13-1-2-13;;/h11-13,15H,1-10H2,(H,16,18);2*1H. The minimum Gasteiger partial charge on any atom is -0.378 e. The van der Waals surface area contributed by atoms with Crippen LogP contribution in [0.3, 0.4) is 0 Å². The molecule has 124 valence electrons. The minimum absolute atomic E-state index is 0. The normalized spacial score (nSPS) is 29.3. The van der Waals surface area contributed by atoms with Gasteiger partial charge in [0.2, 0.25) is 5.91 Å². The minimum atomic E-state index is 0. The van der Waals surface area contributed by atoms with E-state index in [1.54, 1.807) is 0 Å². The van der Waals surface area contributed by atoms with Crippen LogP contribution in [-0.2, 0) is 9.53 Å². The molecule has 0 aromatic heterocycles. The van der Waals surface area contributed by atoms with E-state index in [1.807, 2.05) is 0 Å². The molecule has 0 bridgehead atoms. The molecule has 2 N–H and O–H groups in total. The maximum Gasteiger partial charge on any atom is 0.221 e. The van der Waals surface area contributed by atoms with Gasteiger partial charge in [-0.15, -0.1) is 24.8 Å². The summed E-state index contributed by atoms with van der Waals surface area (Å²) in [5, 5.41) is 6.40. The quantitative estimate of drug-likeness (QED) is 0.778. The molecule has 3 aliphatic rings. The molecule has 7 heteroatoms. The SMILES string of the molecule is Cl.Cl.O=C(CC1COCCN1)NCC1CCN(C2CC2)C1. The largest absolute Gasteiger partial charge is 0.378 e. The van der Waals surface area contributed by atoms with E-state index in [9.17, 15) is 4.79 Å². The molecular weight excluding hydrogens is 313 g/mol. The fraction of sp³-hybridized carbons (Fsp3) is 0.929. The molecular formula is C14H27Cl2N3O2. The molecule has 1 aliphatic carbocycles. The number of ether oxygens (including phenoxy) is 1. The average molecular weight is 340 g/mol. The molecule has 21 heavy (non-hydrogen) atoms. The van der Waals surface area contributed by atoms with Gasteiger partial charge in [0.25, 0.3) is 0 Å². The van der Waals surface area contributed by atoms with E-state index in [-0.39, 0.29) is 36.8 Å². The van der Waals surface area contributed by atoms with E-state index in [1.165, 1.54) is 32.4 Å². The molecule has 2 aliphatic heterocycles. The summed E-state index contributed by atoms with van der Waals surface area (Å²) in [6, 6.07) is 1.06. The van der Waals surface area contributed by atoms with Gasteiger partial charge in [0.15, 0.2) is 0 Å². The Hall–Kier alpha value is -0.0700. The number of nitrogens with zero attached hydrogens (tertiary/aromatic N) is 1. The lowest BCUT2D eigenvalue weighted by molar-refractivity contribution is -0.122. The van der Waals surface area contributed by atoms with Crippen molar-refractivity contribution in [2.75, 3.05) is 39.4 Å². The van der Waals surface area contributed by atoms with Crippen molar-refractivity contribution >= 4 is 30.7 Å². The first-order valence-corrected chi connectivity index (χ1v) is 7.63. The van der Waals surface area contributed by atoms with Crippen molar-refractivity contribution in [2.24, 2.45) is 5.92 Å². The molecule has 2 saturated heterocycles. The predicted molar refractivity (Wildman–Crippen MR) is 87.4 cm³/mol. The summed E-state index contributed by atoms with van der Waals surface area (Å²) in [5.74, 6) is 0.813. The summed E-state index contributed by atoms with van der Waals surface area (Å²) in [7, 11) is 0. The molecule has 0 aromatic carbocycles. The summed E-state index contributed by atoms with van der Waals surface area (Å²) in [5.41, 5.74) is 0. The smallest absolute Gasteiger partial charge is 0.221 e. The van der Waals surface area contributed by atoms with Crippen molar-refractivity contribution in [1.29, 1.82) is 0 Å². The predicted octanol–water partition coefficient (Wildman–Crippen LogP) is 0.809. The van der Waals surface area contributed by atoms with Crippen LogP contribution in [0, 0.1) is 5.92 Å². The number of likely N-dealkylation sites (tertiary alicyclic amines) is 1. The second-order valence-electron chi connectivity index (χ2n) is 6.11. The second-order valence-corrected chi connectivity index (χ2v) is 6.11. The molecule has 3 fully saturated rings. The molecule has 3 rings (SSSR count). The van der Waals surface area contributed by atoms with Crippen LogP contribution in [0.25, 0.3) is 0 Å². The lowest BCUT2D eigenvalue weighted by Crippen LogP contribution is -2.44. The van der Waals surface area contributed by atoms with Gasteiger partial charge in [0.05, 0.1) is 13.2 Å². The average Bonchev–Trinajstić information content (AvgIpc) is 3.17. The number of halogens is 2. The number of morpholine rings is 1.